The van der Waals surface area contributed by atoms with Gasteiger partial charge in [-0.2, -0.15) is 0 Å². The van der Waals surface area contributed by atoms with Crippen molar-refractivity contribution in [3.63, 3.8) is 0 Å². The number of carbonyl (C=O) groups is 1. The van der Waals surface area contributed by atoms with E-state index in [-0.39, 0.29) is 41.4 Å². The Morgan fingerprint density at radius 2 is 1.94 bits per heavy atom. The monoisotopic (exact) mass is 480 g/mol. The minimum absolute atomic E-state index is 0.0604. The number of benzene rings is 1. The van der Waals surface area contributed by atoms with E-state index in [4.69, 9.17) is 9.15 Å². The molecule has 3 rings (SSSR count). The number of hydrogen-bond donors (Lipinski definition) is 3. The van der Waals surface area contributed by atoms with Gasteiger partial charge in [0.1, 0.15) is 5.76 Å². The van der Waals surface area contributed by atoms with Crippen LogP contribution in [0.25, 0.3) is 0 Å². The highest BCUT2D eigenvalue weighted by atomic mass is 32.2. The lowest BCUT2D eigenvalue weighted by atomic mass is 9.91. The van der Waals surface area contributed by atoms with Crippen molar-refractivity contribution in [1.29, 1.82) is 0 Å². The Morgan fingerprint density at radius 1 is 1.27 bits per heavy atom. The van der Waals surface area contributed by atoms with Crippen LogP contribution in [-0.2, 0) is 14.8 Å². The van der Waals surface area contributed by atoms with Crippen molar-refractivity contribution in [1.82, 2.24) is 9.62 Å². The summed E-state index contributed by atoms with van der Waals surface area (Å²) in [6.45, 7) is 2.19. The Labute approximate surface area is 191 Å². The van der Waals surface area contributed by atoms with E-state index in [2.05, 4.69) is 5.32 Å². The molecule has 11 heteroatoms. The number of nitrogens with zero attached hydrogens (tertiary/aromatic N) is 1. The van der Waals surface area contributed by atoms with Crippen LogP contribution in [0.1, 0.15) is 42.3 Å². The Morgan fingerprint density at radius 3 is 2.55 bits per heavy atom. The second-order valence-corrected chi connectivity index (χ2v) is 10.1. The molecular formula is C22H28N2O8S. The molecule has 1 saturated heterocycles. The first-order chi connectivity index (χ1) is 15.5. The predicted octanol–water partition coefficient (Wildman–Crippen LogP) is 1.43. The summed E-state index contributed by atoms with van der Waals surface area (Å²) in [7, 11) is -1.89. The van der Waals surface area contributed by atoms with E-state index in [1.165, 1.54) is 23.5 Å². The lowest BCUT2D eigenvalue weighted by molar-refractivity contribution is -0.122. The van der Waals surface area contributed by atoms with Gasteiger partial charge in [-0.1, -0.05) is 6.07 Å². The number of sulfonamides is 1. The highest BCUT2D eigenvalue weighted by Crippen LogP contribution is 2.37. The van der Waals surface area contributed by atoms with Crippen molar-refractivity contribution in [2.45, 2.75) is 38.1 Å². The van der Waals surface area contributed by atoms with E-state index >= 15 is 0 Å². The molecule has 10 nitrogen and oxygen atoms in total. The molecule has 1 amide bonds. The Hall–Kier alpha value is -3.05. The topological polar surface area (TPSA) is 146 Å². The number of phenols is 1. The van der Waals surface area contributed by atoms with Crippen molar-refractivity contribution in [2.75, 3.05) is 26.5 Å². The summed E-state index contributed by atoms with van der Waals surface area (Å²) in [5, 5.41) is 23.2. The lowest BCUT2D eigenvalue weighted by Gasteiger charge is -2.31. The van der Waals surface area contributed by atoms with Gasteiger partial charge >= 0.3 is 0 Å². The SMILES string of the molecule is COc1cc([C@H](CC(=O)NC2CCN(S(C)(=O)=O)CC2)c2oc(C)cc(=O)c2O)ccc1O. The summed E-state index contributed by atoms with van der Waals surface area (Å²) < 4.78 is 35.6. The first-order valence-electron chi connectivity index (χ1n) is 10.4. The molecule has 2 aromatic rings. The van der Waals surface area contributed by atoms with Crippen LogP contribution in [-0.4, -0.2) is 61.3 Å². The average Bonchev–Trinajstić information content (AvgIpc) is 2.75. The molecule has 0 unspecified atom stereocenters. The Bertz CT molecular complexity index is 1180. The largest absolute Gasteiger partial charge is 0.504 e. The number of amides is 1. The predicted molar refractivity (Wildman–Crippen MR) is 120 cm³/mol. The number of nitrogens with one attached hydrogen (secondary N) is 1. The van der Waals surface area contributed by atoms with Crippen LogP contribution >= 0.6 is 0 Å². The fourth-order valence-corrected chi connectivity index (χ4v) is 4.81. The van der Waals surface area contributed by atoms with Gasteiger partial charge in [0.2, 0.25) is 27.1 Å². The summed E-state index contributed by atoms with van der Waals surface area (Å²) in [6.07, 6.45) is 1.95. The van der Waals surface area contributed by atoms with Gasteiger partial charge in [-0.25, -0.2) is 12.7 Å². The van der Waals surface area contributed by atoms with Gasteiger partial charge in [-0.3, -0.25) is 9.59 Å². The number of carbonyl (C=O) groups excluding carboxylic acids is 1. The van der Waals surface area contributed by atoms with Gasteiger partial charge in [0.25, 0.3) is 0 Å². The second-order valence-electron chi connectivity index (χ2n) is 8.13. The number of aromatic hydroxyl groups is 2. The number of aryl methyl sites for hydroxylation is 1. The Balaban J connectivity index is 1.85. The maximum Gasteiger partial charge on any atom is 0.227 e. The fraction of sp³-hybridized carbons (Fsp3) is 0.455. The summed E-state index contributed by atoms with van der Waals surface area (Å²) >= 11 is 0. The summed E-state index contributed by atoms with van der Waals surface area (Å²) in [5.74, 6) is -1.49. The zero-order valence-electron chi connectivity index (χ0n) is 18.7. The van der Waals surface area contributed by atoms with E-state index in [1.54, 1.807) is 13.0 Å². The molecule has 0 aliphatic carbocycles. The standard InChI is InChI=1S/C22H28N2O8S/c1-13-10-18(26)21(28)22(32-13)16(14-4-5-17(25)19(11-14)31-2)12-20(27)23-15-6-8-24(9-7-15)33(3,29)30/h4-5,10-11,15-16,25,28H,6-9,12H2,1-3H3,(H,23,27)/t16-/m0/s1. The molecule has 0 radical (unpaired) electrons. The number of rotatable bonds is 7. The van der Waals surface area contributed by atoms with E-state index in [1.807, 2.05) is 0 Å². The summed E-state index contributed by atoms with van der Waals surface area (Å²) in [5.41, 5.74) is -0.131. The molecule has 1 aliphatic heterocycles. The van der Waals surface area contributed by atoms with Crippen molar-refractivity contribution >= 4 is 15.9 Å². The van der Waals surface area contributed by atoms with Gasteiger partial charge < -0.3 is 24.7 Å². The van der Waals surface area contributed by atoms with Gasteiger partial charge in [0.15, 0.2) is 17.3 Å². The molecule has 3 N–H and O–H groups in total. The van der Waals surface area contributed by atoms with E-state index in [0.717, 1.165) is 12.3 Å². The summed E-state index contributed by atoms with van der Waals surface area (Å²) in [6, 6.07) is 5.42. The van der Waals surface area contributed by atoms with Crippen LogP contribution in [0.5, 0.6) is 17.2 Å². The molecular weight excluding hydrogens is 452 g/mol. The lowest BCUT2D eigenvalue weighted by Crippen LogP contribution is -2.46. The number of methoxy groups -OCH3 is 1. The fourth-order valence-electron chi connectivity index (χ4n) is 3.94. The molecule has 0 saturated carbocycles. The molecule has 1 aliphatic rings. The molecule has 180 valence electrons. The van der Waals surface area contributed by atoms with Gasteiger partial charge in [0.05, 0.1) is 19.3 Å². The average molecular weight is 481 g/mol. The molecule has 2 heterocycles. The Kier molecular flexibility index (Phi) is 7.33. The zero-order chi connectivity index (χ0) is 24.3. The van der Waals surface area contributed by atoms with E-state index in [0.29, 0.717) is 31.5 Å². The maximum atomic E-state index is 12.9. The first-order valence-corrected chi connectivity index (χ1v) is 12.3. The molecule has 0 bridgehead atoms. The van der Waals surface area contributed by atoms with Crippen molar-refractivity contribution in [3.8, 4) is 17.2 Å². The maximum absolute atomic E-state index is 12.9. The van der Waals surface area contributed by atoms with Crippen LogP contribution in [0.2, 0.25) is 0 Å². The second kappa shape index (κ2) is 9.84. The van der Waals surface area contributed by atoms with E-state index in [9.17, 15) is 28.2 Å². The highest BCUT2D eigenvalue weighted by Gasteiger charge is 2.29. The van der Waals surface area contributed by atoms with Crippen LogP contribution in [0, 0.1) is 6.92 Å². The van der Waals surface area contributed by atoms with Crippen molar-refractivity contribution in [2.24, 2.45) is 0 Å². The molecule has 1 aromatic heterocycles. The van der Waals surface area contributed by atoms with Crippen molar-refractivity contribution in [3.05, 3.63) is 51.6 Å². The number of piperidine rings is 1. The van der Waals surface area contributed by atoms with Crippen LogP contribution in [0.15, 0.2) is 33.5 Å². The quantitative estimate of drug-likeness (QED) is 0.539. The molecule has 1 atom stereocenters. The number of ether oxygens (including phenoxy) is 1. The zero-order valence-corrected chi connectivity index (χ0v) is 19.5. The first kappa shape index (κ1) is 24.6. The van der Waals surface area contributed by atoms with Gasteiger partial charge in [0, 0.05) is 31.6 Å². The molecule has 1 aromatic carbocycles. The minimum Gasteiger partial charge on any atom is -0.504 e. The smallest absolute Gasteiger partial charge is 0.227 e. The van der Waals surface area contributed by atoms with Gasteiger partial charge in [-0.15, -0.1) is 0 Å². The molecule has 33 heavy (non-hydrogen) atoms. The number of phenolic OH excluding ortho intramolecular Hbond substituents is 1. The highest BCUT2D eigenvalue weighted by molar-refractivity contribution is 7.88. The third-order valence-electron chi connectivity index (χ3n) is 5.67. The normalized spacial score (nSPS) is 16.3. The third-order valence-corrected chi connectivity index (χ3v) is 6.98. The van der Waals surface area contributed by atoms with Crippen LogP contribution in [0.3, 0.4) is 0 Å². The van der Waals surface area contributed by atoms with Crippen LogP contribution in [0.4, 0.5) is 0 Å². The van der Waals surface area contributed by atoms with Crippen LogP contribution < -0.4 is 15.5 Å². The molecule has 1 fully saturated rings. The summed E-state index contributed by atoms with van der Waals surface area (Å²) in [4.78, 5) is 25.1. The van der Waals surface area contributed by atoms with Gasteiger partial charge in [-0.05, 0) is 37.5 Å². The van der Waals surface area contributed by atoms with Crippen molar-refractivity contribution < 1.29 is 32.6 Å². The third kappa shape index (κ3) is 5.85. The minimum atomic E-state index is -3.27. The molecule has 0 spiro atoms. The van der Waals surface area contributed by atoms with E-state index < -0.39 is 27.1 Å². The number of hydrogen-bond acceptors (Lipinski definition) is 8.